The van der Waals surface area contributed by atoms with Crippen LogP contribution >= 0.6 is 0 Å². The van der Waals surface area contributed by atoms with Gasteiger partial charge >= 0.3 is 6.18 Å². The van der Waals surface area contributed by atoms with Gasteiger partial charge in [0.15, 0.2) is 0 Å². The molecule has 1 aliphatic rings. The Balaban J connectivity index is 2.08. The Hall–Kier alpha value is -1.78. The second kappa shape index (κ2) is 4.65. The van der Waals surface area contributed by atoms with E-state index in [9.17, 15) is 13.2 Å². The molecule has 0 saturated heterocycles. The number of aromatic nitrogens is 2. The first-order valence-corrected chi connectivity index (χ1v) is 6.70. The van der Waals surface area contributed by atoms with Crippen molar-refractivity contribution < 1.29 is 13.2 Å². The van der Waals surface area contributed by atoms with Gasteiger partial charge in [0.25, 0.3) is 0 Å². The predicted molar refractivity (Wildman–Crippen MR) is 70.3 cm³/mol. The van der Waals surface area contributed by atoms with Gasteiger partial charge in [-0.3, -0.25) is 0 Å². The summed E-state index contributed by atoms with van der Waals surface area (Å²) in [6.45, 7) is 2.08. The normalized spacial score (nSPS) is 18.9. The third kappa shape index (κ3) is 2.21. The largest absolute Gasteiger partial charge is 0.416 e. The van der Waals surface area contributed by atoms with Crippen LogP contribution in [0.2, 0.25) is 0 Å². The van der Waals surface area contributed by atoms with Gasteiger partial charge in [-0.1, -0.05) is 12.1 Å². The summed E-state index contributed by atoms with van der Waals surface area (Å²) in [5, 5.41) is 0. The molecule has 5 heteroatoms. The molecule has 2 nitrogen and oxygen atoms in total. The van der Waals surface area contributed by atoms with Crippen molar-refractivity contribution in [1.82, 2.24) is 9.55 Å². The van der Waals surface area contributed by atoms with Crippen LogP contribution < -0.4 is 0 Å². The van der Waals surface area contributed by atoms with Crippen LogP contribution in [-0.2, 0) is 12.6 Å². The van der Waals surface area contributed by atoms with Crippen LogP contribution in [0, 0.1) is 0 Å². The van der Waals surface area contributed by atoms with E-state index in [1.54, 1.807) is 12.3 Å². The maximum Gasteiger partial charge on any atom is 0.416 e. The minimum atomic E-state index is -4.32. The summed E-state index contributed by atoms with van der Waals surface area (Å²) in [5.41, 5.74) is 1.01. The van der Waals surface area contributed by atoms with E-state index in [-0.39, 0.29) is 6.04 Å². The Bertz CT molecular complexity index is 628. The molecule has 1 aliphatic heterocycles. The van der Waals surface area contributed by atoms with E-state index in [1.807, 2.05) is 0 Å². The molecule has 2 heterocycles. The lowest BCUT2D eigenvalue weighted by molar-refractivity contribution is -0.137. The smallest absolute Gasteiger partial charge is 0.325 e. The van der Waals surface area contributed by atoms with Gasteiger partial charge in [-0.2, -0.15) is 13.2 Å². The molecule has 1 atom stereocenters. The van der Waals surface area contributed by atoms with Gasteiger partial charge in [-0.15, -0.1) is 0 Å². The quantitative estimate of drug-likeness (QED) is 0.753. The molecule has 1 aromatic heterocycles. The van der Waals surface area contributed by atoms with Gasteiger partial charge in [0.2, 0.25) is 0 Å². The number of nitrogens with zero attached hydrogens (tertiary/aromatic N) is 2. The molecule has 20 heavy (non-hydrogen) atoms. The van der Waals surface area contributed by atoms with E-state index in [4.69, 9.17) is 0 Å². The molecular formula is C15H15F3N2. The van der Waals surface area contributed by atoms with E-state index >= 15 is 0 Å². The van der Waals surface area contributed by atoms with Crippen molar-refractivity contribution in [3.63, 3.8) is 0 Å². The van der Waals surface area contributed by atoms with Crippen LogP contribution in [0.25, 0.3) is 11.4 Å². The molecular weight excluding hydrogens is 265 g/mol. The maximum atomic E-state index is 12.8. The highest BCUT2D eigenvalue weighted by Gasteiger charge is 2.31. The highest BCUT2D eigenvalue weighted by Crippen LogP contribution is 2.34. The topological polar surface area (TPSA) is 17.8 Å². The second-order valence-electron chi connectivity index (χ2n) is 5.26. The lowest BCUT2D eigenvalue weighted by Gasteiger charge is -2.24. The lowest BCUT2D eigenvalue weighted by Crippen LogP contribution is -2.15. The zero-order chi connectivity index (χ0) is 14.3. The van der Waals surface area contributed by atoms with Crippen LogP contribution in [0.5, 0.6) is 0 Å². The number of aryl methyl sites for hydroxylation is 1. The monoisotopic (exact) mass is 280 g/mol. The molecule has 0 fully saturated rings. The number of rotatable bonds is 1. The summed E-state index contributed by atoms with van der Waals surface area (Å²) in [4.78, 5) is 4.34. The zero-order valence-corrected chi connectivity index (χ0v) is 11.1. The maximum absolute atomic E-state index is 12.8. The Labute approximate surface area is 115 Å². The summed E-state index contributed by atoms with van der Waals surface area (Å²) in [6, 6.07) is 5.68. The van der Waals surface area contributed by atoms with Crippen LogP contribution in [-0.4, -0.2) is 9.55 Å². The molecule has 0 radical (unpaired) electrons. The summed E-state index contributed by atoms with van der Waals surface area (Å²) in [5.74, 6) is 0.637. The van der Waals surface area contributed by atoms with Crippen LogP contribution in [0.1, 0.15) is 37.1 Å². The van der Waals surface area contributed by atoms with E-state index < -0.39 is 11.7 Å². The molecule has 0 bridgehead atoms. The fourth-order valence-corrected chi connectivity index (χ4v) is 2.83. The fourth-order valence-electron chi connectivity index (χ4n) is 2.83. The van der Waals surface area contributed by atoms with Gasteiger partial charge in [0, 0.05) is 23.5 Å². The highest BCUT2D eigenvalue weighted by molar-refractivity contribution is 5.58. The molecule has 1 aromatic carbocycles. The predicted octanol–water partition coefficient (Wildman–Crippen LogP) is 4.47. The first kappa shape index (κ1) is 13.2. The van der Waals surface area contributed by atoms with E-state index in [0.717, 1.165) is 31.0 Å². The standard InChI is InChI=1S/C15H15F3N2/c1-10-4-2-7-13-9-19-14(20(10)13)11-5-3-6-12(8-11)15(16,17)18/h3,5-6,8-10H,2,4,7H2,1H3. The summed E-state index contributed by atoms with van der Waals surface area (Å²) in [7, 11) is 0. The Morgan fingerprint density at radius 3 is 2.85 bits per heavy atom. The number of halogens is 3. The summed E-state index contributed by atoms with van der Waals surface area (Å²) >= 11 is 0. The average molecular weight is 280 g/mol. The zero-order valence-electron chi connectivity index (χ0n) is 11.1. The van der Waals surface area contributed by atoms with Crippen molar-refractivity contribution in [2.24, 2.45) is 0 Å². The summed E-state index contributed by atoms with van der Waals surface area (Å²) < 4.78 is 40.5. The molecule has 1 unspecified atom stereocenters. The minimum absolute atomic E-state index is 0.283. The highest BCUT2D eigenvalue weighted by atomic mass is 19.4. The molecule has 0 N–H and O–H groups in total. The van der Waals surface area contributed by atoms with Crippen LogP contribution in [0.15, 0.2) is 30.5 Å². The number of fused-ring (bicyclic) bond motifs is 1. The SMILES string of the molecule is CC1CCCc2cnc(-c3cccc(C(F)(F)F)c3)n21. The molecule has 0 saturated carbocycles. The molecule has 106 valence electrons. The van der Waals surface area contributed by atoms with Crippen molar-refractivity contribution in [1.29, 1.82) is 0 Å². The third-order valence-electron chi connectivity index (χ3n) is 3.82. The first-order chi connectivity index (χ1) is 9.47. The van der Waals surface area contributed by atoms with Crippen molar-refractivity contribution in [2.75, 3.05) is 0 Å². The Morgan fingerprint density at radius 2 is 2.10 bits per heavy atom. The number of imidazole rings is 1. The van der Waals surface area contributed by atoms with Crippen molar-refractivity contribution in [3.05, 3.63) is 41.7 Å². The van der Waals surface area contributed by atoms with Gasteiger partial charge < -0.3 is 4.57 Å². The van der Waals surface area contributed by atoms with Crippen molar-refractivity contribution in [3.8, 4) is 11.4 Å². The van der Waals surface area contributed by atoms with E-state index in [0.29, 0.717) is 11.4 Å². The molecule has 3 rings (SSSR count). The number of hydrogen-bond acceptors (Lipinski definition) is 1. The lowest BCUT2D eigenvalue weighted by atomic mass is 10.0. The summed E-state index contributed by atoms with van der Waals surface area (Å²) in [6.07, 6.45) is 0.546. The van der Waals surface area contributed by atoms with Gasteiger partial charge in [0.05, 0.1) is 5.56 Å². The fraction of sp³-hybridized carbons (Fsp3) is 0.400. The molecule has 2 aromatic rings. The molecule has 0 amide bonds. The van der Waals surface area contributed by atoms with Gasteiger partial charge in [-0.25, -0.2) is 4.98 Å². The second-order valence-corrected chi connectivity index (χ2v) is 5.26. The average Bonchev–Trinajstić information content (AvgIpc) is 2.83. The van der Waals surface area contributed by atoms with Crippen molar-refractivity contribution >= 4 is 0 Å². The van der Waals surface area contributed by atoms with Crippen LogP contribution in [0.4, 0.5) is 13.2 Å². The minimum Gasteiger partial charge on any atom is -0.325 e. The van der Waals surface area contributed by atoms with Gasteiger partial charge in [-0.05, 0) is 38.3 Å². The Kier molecular flexibility index (Phi) is 3.07. The van der Waals surface area contributed by atoms with Crippen LogP contribution in [0.3, 0.4) is 0 Å². The number of hydrogen-bond donors (Lipinski definition) is 0. The third-order valence-corrected chi connectivity index (χ3v) is 3.82. The molecule has 0 spiro atoms. The van der Waals surface area contributed by atoms with E-state index in [2.05, 4.69) is 16.5 Å². The Morgan fingerprint density at radius 1 is 1.30 bits per heavy atom. The number of alkyl halides is 3. The first-order valence-electron chi connectivity index (χ1n) is 6.70. The number of benzene rings is 1. The van der Waals surface area contributed by atoms with Gasteiger partial charge in [0.1, 0.15) is 5.82 Å². The van der Waals surface area contributed by atoms with E-state index in [1.165, 1.54) is 12.1 Å². The molecule has 0 aliphatic carbocycles. The van der Waals surface area contributed by atoms with Crippen molar-refractivity contribution in [2.45, 2.75) is 38.4 Å².